The number of nitrogens with zero attached hydrogens (tertiary/aromatic N) is 4. The summed E-state index contributed by atoms with van der Waals surface area (Å²) in [5, 5.41) is 1.94. The van der Waals surface area contributed by atoms with E-state index in [1.165, 1.54) is 28.1 Å². The number of allylic oxidation sites excluding steroid dienone is 2. The maximum Gasteiger partial charge on any atom is 0.412 e. The van der Waals surface area contributed by atoms with E-state index in [0.29, 0.717) is 48.9 Å². The third kappa shape index (κ3) is 9.88. The molecule has 3 aliphatic heterocycles. The molecule has 5 aliphatic rings. The minimum atomic E-state index is -3.99. The van der Waals surface area contributed by atoms with E-state index in [1.807, 2.05) is 0 Å². The van der Waals surface area contributed by atoms with Crippen LogP contribution in [-0.2, 0) is 51.8 Å². The fraction of sp³-hybridized carbons (Fsp3) is 0.564. The number of amides is 5. The van der Waals surface area contributed by atoms with E-state index < -0.39 is 99.1 Å². The highest BCUT2D eigenvalue weighted by Gasteiger charge is 2.49. The van der Waals surface area contributed by atoms with Gasteiger partial charge in [-0.3, -0.25) is 38.7 Å². The molecule has 5 amide bonds. The molecule has 18 heteroatoms. The molecule has 1 saturated carbocycles. The van der Waals surface area contributed by atoms with Gasteiger partial charge in [0.25, 0.3) is 0 Å². The highest BCUT2D eigenvalue weighted by Crippen LogP contribution is 2.38. The van der Waals surface area contributed by atoms with E-state index in [4.69, 9.17) is 9.47 Å². The quantitative estimate of drug-likeness (QED) is 0.384. The fourth-order valence-corrected chi connectivity index (χ4v) is 8.80. The van der Waals surface area contributed by atoms with Crippen LogP contribution >= 0.6 is 0 Å². The zero-order valence-electron chi connectivity index (χ0n) is 32.5. The first kappa shape index (κ1) is 41.5. The summed E-state index contributed by atoms with van der Waals surface area (Å²) >= 11 is 0. The van der Waals surface area contributed by atoms with E-state index >= 15 is 0 Å². The van der Waals surface area contributed by atoms with Crippen molar-refractivity contribution in [3.8, 4) is 0 Å². The van der Waals surface area contributed by atoms with Gasteiger partial charge in [0.1, 0.15) is 11.4 Å². The van der Waals surface area contributed by atoms with Crippen molar-refractivity contribution in [1.82, 2.24) is 24.7 Å². The summed E-state index contributed by atoms with van der Waals surface area (Å²) in [4.78, 5) is 90.0. The number of aliphatic imine (C=N–C) groups is 1. The number of hydrogen-bond donors (Lipinski definition) is 2. The minimum Gasteiger partial charge on any atom is -0.444 e. The molecule has 2 aliphatic carbocycles. The van der Waals surface area contributed by atoms with Crippen molar-refractivity contribution in [3.05, 3.63) is 59.1 Å². The van der Waals surface area contributed by atoms with E-state index in [-0.39, 0.29) is 32.4 Å². The molecular weight excluding hydrogens is 764 g/mol. The van der Waals surface area contributed by atoms with Crippen LogP contribution in [0.15, 0.2) is 47.1 Å². The number of ether oxygens (including phenoxy) is 2. The Hall–Kier alpha value is -5.13. The van der Waals surface area contributed by atoms with Gasteiger partial charge in [-0.15, -0.1) is 0 Å². The van der Waals surface area contributed by atoms with E-state index in [9.17, 15) is 41.6 Å². The molecule has 2 N–H and O–H groups in total. The van der Waals surface area contributed by atoms with Gasteiger partial charge in [-0.2, -0.15) is 0 Å². The highest BCUT2D eigenvalue weighted by atomic mass is 32.2. The molecule has 57 heavy (non-hydrogen) atoms. The Morgan fingerprint density at radius 2 is 1.81 bits per heavy atom. The van der Waals surface area contributed by atoms with Crippen molar-refractivity contribution >= 4 is 51.9 Å². The lowest BCUT2D eigenvalue weighted by Crippen LogP contribution is -2.51. The number of benzene rings is 1. The summed E-state index contributed by atoms with van der Waals surface area (Å²) in [6, 6.07) is 1.54. The number of hydrogen-bond acceptors (Lipinski definition) is 11. The van der Waals surface area contributed by atoms with Crippen LogP contribution in [-0.4, -0.2) is 107 Å². The molecule has 0 radical (unpaired) electrons. The van der Waals surface area contributed by atoms with Crippen molar-refractivity contribution in [2.24, 2.45) is 10.9 Å². The lowest BCUT2D eigenvalue weighted by Gasteiger charge is -2.34. The molecule has 6 rings (SSSR count). The number of carbonyl (C=O) groups is 6. The standard InChI is InChI=1S/C39H49FN6O10S/c1-6-33(48)44(5)24-11-10-22-16-29(22)41-19-31-26(36(50)43-57(53,54)25-12-13-25)18-34(49)46(31)35(15-14-32(47)30(17-24)42-37(51)56-39(2,3)4)55-38(52)45-20-23-8-7-9-28(40)27(23)21-45/h6-9,19,24-26,30-31,35H,1,10-18,20-21H2,2-5H3,(H,42,51)(H,43,50)/t24?,26-,30-,31+,35+/m0/s1. The zero-order chi connectivity index (χ0) is 41.4. The molecule has 1 aromatic rings. The topological polar surface area (TPSA) is 201 Å². The summed E-state index contributed by atoms with van der Waals surface area (Å²) in [7, 11) is -2.42. The van der Waals surface area contributed by atoms with Crippen LogP contribution in [0.5, 0.6) is 0 Å². The number of carbonyl (C=O) groups excluding carboxylic acids is 6. The summed E-state index contributed by atoms with van der Waals surface area (Å²) < 4.78 is 53.9. The second-order valence-electron chi connectivity index (χ2n) is 16.2. The van der Waals surface area contributed by atoms with Crippen LogP contribution in [0.2, 0.25) is 0 Å². The smallest absolute Gasteiger partial charge is 0.412 e. The SMILES string of the molecule is C=CC(=O)N(C)C1CCC2=C(C2)N=C[C@@H]2[C@@H](C(=O)NS(=O)(=O)C3CC3)CC(=O)N2[C@H](OC(=O)N2Cc3cccc(F)c3C2)CCC(=O)[C@@H](NC(=O)OC(C)(C)C)C1. The molecule has 0 aromatic heterocycles. The van der Waals surface area contributed by atoms with Gasteiger partial charge >= 0.3 is 12.2 Å². The van der Waals surface area contributed by atoms with Gasteiger partial charge < -0.3 is 19.7 Å². The molecule has 5 atom stereocenters. The Morgan fingerprint density at radius 1 is 1.07 bits per heavy atom. The van der Waals surface area contributed by atoms with Crippen molar-refractivity contribution in [2.75, 3.05) is 7.05 Å². The van der Waals surface area contributed by atoms with Crippen LogP contribution in [0.3, 0.4) is 0 Å². The normalized spacial score (nSPS) is 25.3. The monoisotopic (exact) mass is 812 g/mol. The van der Waals surface area contributed by atoms with Gasteiger partial charge in [-0.25, -0.2) is 22.4 Å². The number of alkyl carbamates (subject to hydrolysis) is 1. The zero-order valence-corrected chi connectivity index (χ0v) is 33.3. The fourth-order valence-electron chi connectivity index (χ4n) is 7.44. The Bertz CT molecular complexity index is 2030. The molecule has 16 nitrogen and oxygen atoms in total. The summed E-state index contributed by atoms with van der Waals surface area (Å²) in [5.74, 6) is -4.24. The first-order valence-electron chi connectivity index (χ1n) is 19.1. The maximum absolute atomic E-state index is 14.7. The highest BCUT2D eigenvalue weighted by molar-refractivity contribution is 7.90. The van der Waals surface area contributed by atoms with E-state index in [1.54, 1.807) is 33.9 Å². The Balaban J connectivity index is 1.35. The molecule has 0 spiro atoms. The second-order valence-corrected chi connectivity index (χ2v) is 18.1. The number of nitrogens with one attached hydrogen (secondary N) is 2. The third-order valence-electron chi connectivity index (χ3n) is 10.8. The average molecular weight is 813 g/mol. The van der Waals surface area contributed by atoms with Crippen molar-refractivity contribution < 1.29 is 51.0 Å². The maximum atomic E-state index is 14.7. The predicted molar refractivity (Wildman–Crippen MR) is 203 cm³/mol. The van der Waals surface area contributed by atoms with Gasteiger partial charge in [0.15, 0.2) is 12.0 Å². The van der Waals surface area contributed by atoms with Crippen LogP contribution in [0.25, 0.3) is 0 Å². The van der Waals surface area contributed by atoms with Gasteiger partial charge in [0.05, 0.1) is 29.8 Å². The molecule has 1 unspecified atom stereocenters. The minimum absolute atomic E-state index is 0.00885. The number of Topliss-reactive ketones (excluding diaryl/α,β-unsaturated/α-hetero) is 1. The summed E-state index contributed by atoms with van der Waals surface area (Å²) in [6.07, 6.45) is 0.270. The van der Waals surface area contributed by atoms with Crippen LogP contribution in [0.4, 0.5) is 14.0 Å². The number of likely N-dealkylation sites (N-methyl/N-ethyl adjacent to an activating group) is 1. The van der Waals surface area contributed by atoms with Crippen molar-refractivity contribution in [1.29, 1.82) is 0 Å². The average Bonchev–Trinajstić information content (AvgIpc) is 4.05. The molecule has 3 heterocycles. The number of halogens is 1. The van der Waals surface area contributed by atoms with Crippen molar-refractivity contribution in [3.63, 3.8) is 0 Å². The first-order chi connectivity index (χ1) is 26.8. The number of rotatable bonds is 7. The van der Waals surface area contributed by atoms with Crippen molar-refractivity contribution in [2.45, 2.75) is 127 Å². The molecule has 308 valence electrons. The molecule has 1 aromatic carbocycles. The van der Waals surface area contributed by atoms with E-state index in [0.717, 1.165) is 16.5 Å². The largest absolute Gasteiger partial charge is 0.444 e. The molecule has 1 saturated heterocycles. The predicted octanol–water partition coefficient (Wildman–Crippen LogP) is 3.60. The molecular formula is C39H49FN6O10S. The molecule has 2 fully saturated rings. The van der Waals surface area contributed by atoms with Gasteiger partial charge in [-0.05, 0) is 76.2 Å². The number of ketones is 1. The second kappa shape index (κ2) is 16.4. The Kier molecular flexibility index (Phi) is 11.9. The van der Waals surface area contributed by atoms with Crippen LogP contribution < -0.4 is 10.0 Å². The number of fused-ring (bicyclic) bond motifs is 2. The first-order valence-corrected chi connectivity index (χ1v) is 20.6. The van der Waals surface area contributed by atoms with Gasteiger partial charge in [-0.1, -0.05) is 18.7 Å². The van der Waals surface area contributed by atoms with Crippen LogP contribution in [0.1, 0.15) is 89.7 Å². The Labute approximate surface area is 330 Å². The summed E-state index contributed by atoms with van der Waals surface area (Å²) in [5.41, 5.74) is 1.56. The lowest BCUT2D eigenvalue weighted by atomic mass is 9.95. The van der Waals surface area contributed by atoms with Crippen LogP contribution in [0, 0.1) is 11.7 Å². The molecule has 0 bridgehead atoms. The Morgan fingerprint density at radius 3 is 2.47 bits per heavy atom. The lowest BCUT2D eigenvalue weighted by molar-refractivity contribution is -0.140. The van der Waals surface area contributed by atoms with Gasteiger partial charge in [0.2, 0.25) is 27.7 Å². The van der Waals surface area contributed by atoms with E-state index in [2.05, 4.69) is 21.6 Å². The third-order valence-corrected chi connectivity index (χ3v) is 12.6. The summed E-state index contributed by atoms with van der Waals surface area (Å²) in [6.45, 7) is 8.47. The number of sulfonamides is 1. The van der Waals surface area contributed by atoms with Gasteiger partial charge in [0, 0.05) is 62.8 Å².